The van der Waals surface area contributed by atoms with E-state index in [2.05, 4.69) is 16.8 Å². The van der Waals surface area contributed by atoms with Gasteiger partial charge in [-0.05, 0) is 0 Å². The van der Waals surface area contributed by atoms with E-state index in [1.165, 1.54) is 5.75 Å². The zero-order valence-electron chi connectivity index (χ0n) is 4.26. The summed E-state index contributed by atoms with van der Waals surface area (Å²) in [6.07, 6.45) is 2.14. The third-order valence-electron chi connectivity index (χ3n) is 0.828. The molecule has 0 aliphatic carbocycles. The summed E-state index contributed by atoms with van der Waals surface area (Å²) in [6.45, 7) is 1.06. The van der Waals surface area contributed by atoms with Crippen molar-refractivity contribution in [2.24, 2.45) is 4.99 Å². The first-order valence-electron chi connectivity index (χ1n) is 2.17. The maximum absolute atomic E-state index is 4.10. The van der Waals surface area contributed by atoms with Gasteiger partial charge in [0.1, 0.15) is 15.7 Å². The van der Waals surface area contributed by atoms with Crippen molar-refractivity contribution < 1.29 is 0 Å². The first-order valence-corrected chi connectivity index (χ1v) is 5.37. The Balaban J connectivity index is 2.28. The van der Waals surface area contributed by atoms with Crippen molar-refractivity contribution in [1.29, 1.82) is 0 Å². The number of nitrogens with zero attached hydrogens (tertiary/aromatic N) is 1. The van der Waals surface area contributed by atoms with Gasteiger partial charge in [-0.2, -0.15) is 0 Å². The Hall–Kier alpha value is 0.370. The molecule has 1 rings (SSSR count). The van der Waals surface area contributed by atoms with Crippen LogP contribution < -0.4 is 0 Å². The normalized spacial score (nSPS) is 29.0. The number of aliphatic imine (C=N–C) groups is 1. The van der Waals surface area contributed by atoms with Gasteiger partial charge in [0.05, 0.1) is 17.3 Å². The lowest BCUT2D eigenvalue weighted by Gasteiger charge is -1.81. The van der Waals surface area contributed by atoms with E-state index in [0.717, 1.165) is 6.54 Å². The van der Waals surface area contributed by atoms with Gasteiger partial charge in [-0.3, -0.25) is 0 Å². The Kier molecular flexibility index (Phi) is 2.06. The van der Waals surface area contributed by atoms with Crippen molar-refractivity contribution in [3.05, 3.63) is 0 Å². The van der Waals surface area contributed by atoms with E-state index < -0.39 is 0 Å². The minimum atomic E-state index is 0.491. The van der Waals surface area contributed by atoms with Gasteiger partial charge in [0.25, 0.3) is 0 Å². The van der Waals surface area contributed by atoms with Crippen LogP contribution in [0.1, 0.15) is 0 Å². The van der Waals surface area contributed by atoms with Crippen LogP contribution in [0.2, 0.25) is 0 Å². The molecule has 0 aromatic carbocycles. The zero-order chi connectivity index (χ0) is 5.11. The number of hydrogen-bond donors (Lipinski definition) is 0. The summed E-state index contributed by atoms with van der Waals surface area (Å²) in [7, 11) is 2.40. The van der Waals surface area contributed by atoms with Crippen LogP contribution in [0.4, 0.5) is 0 Å². The molecule has 0 saturated carbocycles. The minimum absolute atomic E-state index is 0.491. The Morgan fingerprint density at radius 2 is 2.71 bits per heavy atom. The van der Waals surface area contributed by atoms with Crippen LogP contribution in [-0.4, -0.2) is 24.1 Å². The average molecular weight is 134 g/mol. The first kappa shape index (κ1) is 5.51. The summed E-state index contributed by atoms with van der Waals surface area (Å²) in [5.41, 5.74) is 2.07. The molecular formula is C4H8NS2+. The SMILES string of the molecule is CS[S+]1C=NCC1. The van der Waals surface area contributed by atoms with Crippen LogP contribution in [0.25, 0.3) is 0 Å². The van der Waals surface area contributed by atoms with Crippen LogP contribution >= 0.6 is 10.8 Å². The van der Waals surface area contributed by atoms with Gasteiger partial charge in [-0.1, -0.05) is 0 Å². The van der Waals surface area contributed by atoms with Gasteiger partial charge >= 0.3 is 0 Å². The summed E-state index contributed by atoms with van der Waals surface area (Å²) in [4.78, 5) is 4.10. The molecule has 0 saturated heterocycles. The molecule has 1 heterocycles. The fourth-order valence-electron chi connectivity index (χ4n) is 0.458. The topological polar surface area (TPSA) is 12.4 Å². The van der Waals surface area contributed by atoms with Crippen molar-refractivity contribution in [2.45, 2.75) is 0 Å². The maximum Gasteiger partial charge on any atom is 0.218 e. The summed E-state index contributed by atoms with van der Waals surface area (Å²) in [6, 6.07) is 0. The summed E-state index contributed by atoms with van der Waals surface area (Å²) < 4.78 is 0. The van der Waals surface area contributed by atoms with E-state index in [-0.39, 0.29) is 0 Å². The van der Waals surface area contributed by atoms with Crippen molar-refractivity contribution in [2.75, 3.05) is 18.6 Å². The van der Waals surface area contributed by atoms with E-state index in [9.17, 15) is 0 Å². The van der Waals surface area contributed by atoms with Crippen LogP contribution in [0.5, 0.6) is 0 Å². The van der Waals surface area contributed by atoms with E-state index in [0.29, 0.717) is 9.93 Å². The molecule has 0 amide bonds. The molecule has 0 aromatic heterocycles. The van der Waals surface area contributed by atoms with Gasteiger partial charge in [0.15, 0.2) is 0 Å². The Morgan fingerprint density at radius 3 is 3.00 bits per heavy atom. The largest absolute Gasteiger partial charge is 0.241 e. The Bertz CT molecular complexity index is 81.8. The number of rotatable bonds is 1. The molecule has 3 heteroatoms. The smallest absolute Gasteiger partial charge is 0.218 e. The van der Waals surface area contributed by atoms with E-state index >= 15 is 0 Å². The molecule has 1 nitrogen and oxygen atoms in total. The number of hydrogen-bond acceptors (Lipinski definition) is 2. The molecule has 0 aromatic rings. The molecule has 0 fully saturated rings. The molecule has 7 heavy (non-hydrogen) atoms. The molecule has 0 N–H and O–H groups in total. The van der Waals surface area contributed by atoms with Crippen LogP contribution in [-0.2, 0) is 9.93 Å². The first-order chi connectivity index (χ1) is 3.43. The second kappa shape index (κ2) is 2.62. The molecule has 1 aliphatic rings. The predicted molar refractivity (Wildman–Crippen MR) is 39.1 cm³/mol. The van der Waals surface area contributed by atoms with Gasteiger partial charge < -0.3 is 0 Å². The predicted octanol–water partition coefficient (Wildman–Crippen LogP) is 0.925. The van der Waals surface area contributed by atoms with Gasteiger partial charge in [-0.25, -0.2) is 4.99 Å². The maximum atomic E-state index is 4.10. The van der Waals surface area contributed by atoms with Crippen molar-refractivity contribution >= 4 is 26.3 Å². The zero-order valence-corrected chi connectivity index (χ0v) is 5.89. The molecule has 1 aliphatic heterocycles. The van der Waals surface area contributed by atoms with Gasteiger partial charge in [0, 0.05) is 6.26 Å². The second-order valence-corrected chi connectivity index (χ2v) is 5.26. The summed E-state index contributed by atoms with van der Waals surface area (Å²) >= 11 is 0. The van der Waals surface area contributed by atoms with Gasteiger partial charge in [0.2, 0.25) is 5.55 Å². The van der Waals surface area contributed by atoms with Crippen LogP contribution in [0, 0.1) is 0 Å². The third kappa shape index (κ3) is 1.39. The quantitative estimate of drug-likeness (QED) is 0.384. The van der Waals surface area contributed by atoms with E-state index in [1.807, 2.05) is 10.8 Å². The fourth-order valence-corrected chi connectivity index (χ4v) is 2.54. The van der Waals surface area contributed by atoms with Crippen molar-refractivity contribution in [3.63, 3.8) is 0 Å². The Labute approximate surface area is 50.3 Å². The highest BCUT2D eigenvalue weighted by Crippen LogP contribution is 2.13. The Morgan fingerprint density at radius 1 is 1.86 bits per heavy atom. The third-order valence-corrected chi connectivity index (χ3v) is 4.27. The standard InChI is InChI=1S/C4H8NS2/c1-6-7-3-2-5-4-7/h4H,2-3H2,1H3/q+1. The second-order valence-electron chi connectivity index (χ2n) is 1.26. The lowest BCUT2D eigenvalue weighted by atomic mass is 10.8. The lowest BCUT2D eigenvalue weighted by molar-refractivity contribution is 1.18. The lowest BCUT2D eigenvalue weighted by Crippen LogP contribution is -1.95. The molecule has 40 valence electrons. The summed E-state index contributed by atoms with van der Waals surface area (Å²) in [5.74, 6) is 1.28. The molecule has 0 radical (unpaired) electrons. The van der Waals surface area contributed by atoms with E-state index in [1.54, 1.807) is 0 Å². The minimum Gasteiger partial charge on any atom is -0.241 e. The molecule has 1 atom stereocenters. The van der Waals surface area contributed by atoms with Crippen molar-refractivity contribution in [3.8, 4) is 0 Å². The fraction of sp³-hybridized carbons (Fsp3) is 0.750. The molecule has 1 unspecified atom stereocenters. The molecular weight excluding hydrogens is 126 g/mol. The average Bonchev–Trinajstić information content (AvgIpc) is 2.14. The monoisotopic (exact) mass is 134 g/mol. The highest BCUT2D eigenvalue weighted by Gasteiger charge is 2.18. The van der Waals surface area contributed by atoms with Crippen LogP contribution in [0.15, 0.2) is 4.99 Å². The van der Waals surface area contributed by atoms with E-state index in [4.69, 9.17) is 0 Å². The molecule has 0 bridgehead atoms. The molecule has 0 spiro atoms. The van der Waals surface area contributed by atoms with Crippen LogP contribution in [0.3, 0.4) is 0 Å². The summed E-state index contributed by atoms with van der Waals surface area (Å²) in [5, 5.41) is 0. The van der Waals surface area contributed by atoms with Crippen molar-refractivity contribution in [1.82, 2.24) is 0 Å². The highest BCUT2D eigenvalue weighted by molar-refractivity contribution is 8.78. The highest BCUT2D eigenvalue weighted by atomic mass is 33.1. The van der Waals surface area contributed by atoms with Gasteiger partial charge in [-0.15, -0.1) is 0 Å².